The zero-order valence-corrected chi connectivity index (χ0v) is 33.7. The van der Waals surface area contributed by atoms with Crippen LogP contribution in [0.2, 0.25) is 0 Å². The van der Waals surface area contributed by atoms with E-state index < -0.39 is 24.3 Å². The van der Waals surface area contributed by atoms with Crippen LogP contribution in [0.15, 0.2) is 60.9 Å². The van der Waals surface area contributed by atoms with Crippen molar-refractivity contribution >= 4 is 24.0 Å². The van der Waals surface area contributed by atoms with Crippen LogP contribution in [0.3, 0.4) is 0 Å². The Balaban J connectivity index is 0.00000305. The number of benzene rings is 2. The summed E-state index contributed by atoms with van der Waals surface area (Å²) >= 11 is 0. The molecule has 4 aromatic rings. The van der Waals surface area contributed by atoms with Gasteiger partial charge in [-0.3, -0.25) is 9.59 Å². The van der Waals surface area contributed by atoms with Crippen molar-refractivity contribution in [3.63, 3.8) is 0 Å². The van der Waals surface area contributed by atoms with Crippen LogP contribution in [0.5, 0.6) is 0 Å². The number of nitrogens with zero attached hydrogens (tertiary/aromatic N) is 4. The Bertz CT molecular complexity index is 2020. The number of imidazole rings is 2. The van der Waals surface area contributed by atoms with E-state index in [4.69, 9.17) is 14.5 Å². The maximum absolute atomic E-state index is 13.7. The van der Waals surface area contributed by atoms with Gasteiger partial charge in [0.15, 0.2) is 0 Å². The number of alkyl carbamates (subject to hydrolysis) is 2. The molecule has 2 fully saturated rings. The molecule has 2 aromatic heterocycles. The Morgan fingerprint density at radius 3 is 1.56 bits per heavy atom. The second kappa shape index (κ2) is 18.7. The summed E-state index contributed by atoms with van der Waals surface area (Å²) < 4.78 is 9.52. The van der Waals surface area contributed by atoms with Gasteiger partial charge in [-0.25, -0.2) is 19.6 Å². The number of nitrogens with one attached hydrogen (secondary N) is 4. The fourth-order valence-corrected chi connectivity index (χ4v) is 7.61. The number of terminal acetylenes is 1. The average Bonchev–Trinajstić information content (AvgIpc) is 4.06. The van der Waals surface area contributed by atoms with E-state index in [9.17, 15) is 19.2 Å². The number of hydrogen-bond donors (Lipinski definition) is 4. The molecule has 4 amide bonds. The van der Waals surface area contributed by atoms with Crippen molar-refractivity contribution in [2.75, 3.05) is 27.3 Å². The maximum atomic E-state index is 13.7. The van der Waals surface area contributed by atoms with E-state index in [0.717, 1.165) is 64.6 Å². The SMILES string of the molecule is C#C.COC(=O)NC(C(=O)N1CCC[C@H]1c1ncc(-c2ccc(-c3ccc(-c4cnc([C@@H]5C[C@@H](C)CN5C(=O)C(NC(=O)OC)C(C)C)[nH]4)cc3)cc2)[nH]1)C(C)C. The van der Waals surface area contributed by atoms with Gasteiger partial charge >= 0.3 is 12.2 Å². The largest absolute Gasteiger partial charge is 0.453 e. The van der Waals surface area contributed by atoms with Gasteiger partial charge in [-0.2, -0.15) is 0 Å². The topological polar surface area (TPSA) is 175 Å². The molecule has 2 aromatic carbocycles. The molecule has 57 heavy (non-hydrogen) atoms. The highest BCUT2D eigenvalue weighted by molar-refractivity contribution is 5.87. The van der Waals surface area contributed by atoms with Gasteiger partial charge in [0.05, 0.1) is 50.1 Å². The van der Waals surface area contributed by atoms with Gasteiger partial charge in [0, 0.05) is 13.1 Å². The summed E-state index contributed by atoms with van der Waals surface area (Å²) in [6.07, 6.45) is 12.7. The number of ether oxygens (including phenoxy) is 2. The van der Waals surface area contributed by atoms with Crippen molar-refractivity contribution in [2.45, 2.75) is 78.0 Å². The molecule has 6 rings (SSSR count). The number of likely N-dealkylation sites (tertiary alicyclic amines) is 2. The number of carbonyl (C=O) groups is 4. The molecule has 2 unspecified atom stereocenters. The molecular weight excluding hydrogens is 725 g/mol. The third-order valence-electron chi connectivity index (χ3n) is 10.7. The lowest BCUT2D eigenvalue weighted by atomic mass is 10.0. The minimum atomic E-state index is -0.699. The summed E-state index contributed by atoms with van der Waals surface area (Å²) in [7, 11) is 2.58. The van der Waals surface area contributed by atoms with E-state index in [1.807, 2.05) is 32.6 Å². The average molecular weight is 779 g/mol. The number of rotatable bonds is 11. The smallest absolute Gasteiger partial charge is 0.407 e. The summed E-state index contributed by atoms with van der Waals surface area (Å²) in [5.74, 6) is 1.22. The lowest BCUT2D eigenvalue weighted by Crippen LogP contribution is -2.51. The third-order valence-corrected chi connectivity index (χ3v) is 10.7. The summed E-state index contributed by atoms with van der Waals surface area (Å²) in [5, 5.41) is 5.40. The molecule has 2 aliphatic rings. The summed E-state index contributed by atoms with van der Waals surface area (Å²) in [4.78, 5) is 71.0. The van der Waals surface area contributed by atoms with E-state index in [1.165, 1.54) is 14.2 Å². The Morgan fingerprint density at radius 1 is 0.702 bits per heavy atom. The predicted molar refractivity (Wildman–Crippen MR) is 217 cm³/mol. The molecule has 0 bridgehead atoms. The van der Waals surface area contributed by atoms with Crippen LogP contribution >= 0.6 is 0 Å². The molecule has 0 radical (unpaired) electrons. The quantitative estimate of drug-likeness (QED) is 0.122. The molecule has 2 aliphatic heterocycles. The Labute approximate surface area is 334 Å². The standard InChI is InChI=1S/C41H52N8O6.C2H2/c1-23(2)34(46-40(52)54-6)38(50)48-18-8-9-32(48)36-42-20-30(44-36)28-14-10-26(11-15-28)27-12-16-29(17-13-27)31-21-43-37(45-31)33-19-25(5)22-49(33)39(51)35(24(3)4)47-41(53)55-7;1-2/h10-17,20-21,23-25,32-35H,8-9,18-19,22H2,1-7H3,(H,42,44)(H,43,45)(H,46,52)(H,47,53);1-2H/t25-,32+,33+,34?,35?;/m1./s1. The van der Waals surface area contributed by atoms with E-state index >= 15 is 0 Å². The number of carbonyl (C=O) groups excluding carboxylic acids is 4. The van der Waals surface area contributed by atoms with E-state index in [1.54, 1.807) is 17.3 Å². The highest BCUT2D eigenvalue weighted by atomic mass is 16.5. The number of H-pyrrole nitrogens is 2. The predicted octanol–water partition coefficient (Wildman–Crippen LogP) is 6.72. The monoisotopic (exact) mass is 778 g/mol. The van der Waals surface area contributed by atoms with Crippen LogP contribution in [-0.4, -0.2) is 93.1 Å². The number of aromatic amines is 2. The van der Waals surface area contributed by atoms with Gasteiger partial charge in [-0.1, -0.05) is 83.1 Å². The van der Waals surface area contributed by atoms with Crippen LogP contribution < -0.4 is 10.6 Å². The highest BCUT2D eigenvalue weighted by Gasteiger charge is 2.40. The Kier molecular flexibility index (Phi) is 13.8. The first-order chi connectivity index (χ1) is 27.4. The minimum absolute atomic E-state index is 0.105. The minimum Gasteiger partial charge on any atom is -0.453 e. The van der Waals surface area contributed by atoms with Gasteiger partial charge < -0.3 is 39.9 Å². The van der Waals surface area contributed by atoms with Crippen LogP contribution in [0.25, 0.3) is 33.6 Å². The van der Waals surface area contributed by atoms with E-state index in [2.05, 4.69) is 93.9 Å². The molecule has 5 atom stereocenters. The fraction of sp³-hybridized carbons (Fsp3) is 0.442. The van der Waals surface area contributed by atoms with Crippen molar-refractivity contribution in [1.29, 1.82) is 0 Å². The second-order valence-corrected chi connectivity index (χ2v) is 15.3. The second-order valence-electron chi connectivity index (χ2n) is 15.3. The normalized spacial score (nSPS) is 18.8. The molecule has 14 heteroatoms. The highest BCUT2D eigenvalue weighted by Crippen LogP contribution is 2.37. The first-order valence-corrected chi connectivity index (χ1v) is 19.3. The van der Waals surface area contributed by atoms with Crippen LogP contribution in [-0.2, 0) is 19.1 Å². The van der Waals surface area contributed by atoms with Crippen molar-refractivity contribution in [2.24, 2.45) is 17.8 Å². The van der Waals surface area contributed by atoms with Crippen LogP contribution in [0, 0.1) is 30.6 Å². The van der Waals surface area contributed by atoms with Gasteiger partial charge in [0.2, 0.25) is 11.8 Å². The summed E-state index contributed by atoms with van der Waals surface area (Å²) in [6.45, 7) is 10.9. The number of hydrogen-bond acceptors (Lipinski definition) is 8. The van der Waals surface area contributed by atoms with Gasteiger partial charge in [-0.05, 0) is 59.3 Å². The first kappa shape index (κ1) is 42.1. The number of aromatic nitrogens is 4. The zero-order chi connectivity index (χ0) is 41.4. The molecular formula is C43H54N8O6. The Morgan fingerprint density at radius 2 is 1.12 bits per heavy atom. The first-order valence-electron chi connectivity index (χ1n) is 19.3. The van der Waals surface area contributed by atoms with Crippen molar-refractivity contribution in [3.8, 4) is 46.5 Å². The zero-order valence-electron chi connectivity index (χ0n) is 33.7. The summed E-state index contributed by atoms with van der Waals surface area (Å²) in [5.41, 5.74) is 5.77. The van der Waals surface area contributed by atoms with Crippen molar-refractivity contribution in [3.05, 3.63) is 72.6 Å². The molecule has 4 N–H and O–H groups in total. The molecule has 2 saturated heterocycles. The van der Waals surface area contributed by atoms with Crippen molar-refractivity contribution < 1.29 is 28.7 Å². The molecule has 0 saturated carbocycles. The molecule has 0 aliphatic carbocycles. The summed E-state index contributed by atoms with van der Waals surface area (Å²) in [6, 6.07) is 14.7. The number of amides is 4. The third kappa shape index (κ3) is 9.48. The lowest BCUT2D eigenvalue weighted by Gasteiger charge is -2.30. The van der Waals surface area contributed by atoms with E-state index in [-0.39, 0.29) is 41.7 Å². The van der Waals surface area contributed by atoms with E-state index in [0.29, 0.717) is 13.1 Å². The molecule has 14 nitrogen and oxygen atoms in total. The molecule has 0 spiro atoms. The van der Waals surface area contributed by atoms with Crippen LogP contribution in [0.1, 0.15) is 77.6 Å². The van der Waals surface area contributed by atoms with Crippen LogP contribution in [0.4, 0.5) is 9.59 Å². The molecule has 302 valence electrons. The maximum Gasteiger partial charge on any atom is 0.407 e. The van der Waals surface area contributed by atoms with Gasteiger partial charge in [-0.15, -0.1) is 12.8 Å². The Hall–Kier alpha value is -6.10. The number of methoxy groups -OCH3 is 2. The van der Waals surface area contributed by atoms with Gasteiger partial charge in [0.1, 0.15) is 23.7 Å². The molecule has 4 heterocycles. The fourth-order valence-electron chi connectivity index (χ4n) is 7.61. The van der Waals surface area contributed by atoms with Crippen molar-refractivity contribution in [1.82, 2.24) is 40.4 Å². The van der Waals surface area contributed by atoms with Gasteiger partial charge in [0.25, 0.3) is 0 Å². The lowest BCUT2D eigenvalue weighted by molar-refractivity contribution is -0.136.